The van der Waals surface area contributed by atoms with E-state index in [2.05, 4.69) is 17.3 Å². The Kier molecular flexibility index (Phi) is 4.26. The van der Waals surface area contributed by atoms with Crippen molar-refractivity contribution in [3.05, 3.63) is 28.8 Å². The molecule has 1 N–H and O–H groups in total. The summed E-state index contributed by atoms with van der Waals surface area (Å²) < 4.78 is 5.41. The predicted molar refractivity (Wildman–Crippen MR) is 70.9 cm³/mol. The topological polar surface area (TPSA) is 24.5 Å². The maximum absolute atomic E-state index is 6.07. The van der Waals surface area contributed by atoms with Crippen molar-refractivity contribution in [2.24, 2.45) is 0 Å². The first kappa shape index (κ1) is 12.7. The van der Waals surface area contributed by atoms with E-state index in [1.54, 1.807) is 7.11 Å². The van der Waals surface area contributed by atoms with Gasteiger partial charge in [0.05, 0.1) is 7.11 Å². The van der Waals surface area contributed by atoms with Gasteiger partial charge in [0.25, 0.3) is 0 Å². The highest BCUT2D eigenvalue weighted by Gasteiger charge is 2.19. The molecule has 1 fully saturated rings. The van der Waals surface area contributed by atoms with E-state index in [0.29, 0.717) is 6.04 Å². The highest BCUT2D eigenvalue weighted by atomic mass is 35.5. The molecular weight excluding hydrogens is 236 g/mol. The SMILES string of the molecule is COc1ccc(Cl)cc1C1CCN(C)CCN1. The highest BCUT2D eigenvalue weighted by Crippen LogP contribution is 2.30. The number of hydrogen-bond acceptors (Lipinski definition) is 3. The summed E-state index contributed by atoms with van der Waals surface area (Å²) in [4.78, 5) is 2.34. The quantitative estimate of drug-likeness (QED) is 0.877. The Balaban J connectivity index is 2.22. The second-order valence-electron chi connectivity index (χ2n) is 4.48. The maximum Gasteiger partial charge on any atom is 0.123 e. The fraction of sp³-hybridized carbons (Fsp3) is 0.538. The first-order valence-electron chi connectivity index (χ1n) is 5.96. The first-order valence-corrected chi connectivity index (χ1v) is 6.34. The van der Waals surface area contributed by atoms with Crippen molar-refractivity contribution in [2.45, 2.75) is 12.5 Å². The molecule has 17 heavy (non-hydrogen) atoms. The molecule has 0 bridgehead atoms. The Morgan fingerprint density at radius 2 is 2.24 bits per heavy atom. The molecule has 94 valence electrons. The molecular formula is C13H19ClN2O. The van der Waals surface area contributed by atoms with Crippen molar-refractivity contribution >= 4 is 11.6 Å². The summed E-state index contributed by atoms with van der Waals surface area (Å²) in [5.41, 5.74) is 1.16. The third-order valence-corrected chi connectivity index (χ3v) is 3.49. The van der Waals surface area contributed by atoms with E-state index >= 15 is 0 Å². The van der Waals surface area contributed by atoms with Gasteiger partial charge in [-0.15, -0.1) is 0 Å². The molecule has 1 aliphatic rings. The zero-order chi connectivity index (χ0) is 12.3. The van der Waals surface area contributed by atoms with Crippen LogP contribution in [0.2, 0.25) is 5.02 Å². The molecule has 1 aromatic rings. The Labute approximate surface area is 108 Å². The van der Waals surface area contributed by atoms with Crippen LogP contribution in [0.15, 0.2) is 18.2 Å². The Morgan fingerprint density at radius 1 is 1.41 bits per heavy atom. The number of nitrogens with one attached hydrogen (secondary N) is 1. The first-order chi connectivity index (χ1) is 8.20. The number of rotatable bonds is 2. The zero-order valence-electron chi connectivity index (χ0n) is 10.4. The van der Waals surface area contributed by atoms with E-state index in [9.17, 15) is 0 Å². The summed E-state index contributed by atoms with van der Waals surface area (Å²) >= 11 is 6.07. The lowest BCUT2D eigenvalue weighted by molar-refractivity contribution is 0.353. The van der Waals surface area contributed by atoms with Crippen LogP contribution in [0.3, 0.4) is 0 Å². The van der Waals surface area contributed by atoms with E-state index < -0.39 is 0 Å². The van der Waals surface area contributed by atoms with Crippen LogP contribution >= 0.6 is 11.6 Å². The molecule has 4 heteroatoms. The van der Waals surface area contributed by atoms with E-state index in [-0.39, 0.29) is 0 Å². The van der Waals surface area contributed by atoms with Crippen LogP contribution in [0.4, 0.5) is 0 Å². The normalized spacial score (nSPS) is 22.2. The van der Waals surface area contributed by atoms with Crippen molar-refractivity contribution in [3.63, 3.8) is 0 Å². The number of methoxy groups -OCH3 is 1. The van der Waals surface area contributed by atoms with Crippen molar-refractivity contribution in [1.82, 2.24) is 10.2 Å². The van der Waals surface area contributed by atoms with Crippen LogP contribution in [0.1, 0.15) is 18.0 Å². The molecule has 0 radical (unpaired) electrons. The number of nitrogens with zero attached hydrogens (tertiary/aromatic N) is 1. The summed E-state index contributed by atoms with van der Waals surface area (Å²) in [5.74, 6) is 0.913. The van der Waals surface area contributed by atoms with Crippen LogP contribution in [-0.4, -0.2) is 38.7 Å². The molecule has 2 rings (SSSR count). The molecule has 0 aromatic heterocycles. The van der Waals surface area contributed by atoms with Gasteiger partial charge in [0, 0.05) is 29.7 Å². The lowest BCUT2D eigenvalue weighted by Crippen LogP contribution is -2.25. The Morgan fingerprint density at radius 3 is 3.00 bits per heavy atom. The van der Waals surface area contributed by atoms with Gasteiger partial charge >= 0.3 is 0 Å². The largest absolute Gasteiger partial charge is 0.496 e. The second kappa shape index (κ2) is 5.71. The lowest BCUT2D eigenvalue weighted by Gasteiger charge is -2.19. The molecule has 3 nitrogen and oxygen atoms in total. The van der Waals surface area contributed by atoms with Gasteiger partial charge in [0.15, 0.2) is 0 Å². The van der Waals surface area contributed by atoms with Crippen molar-refractivity contribution in [3.8, 4) is 5.75 Å². The second-order valence-corrected chi connectivity index (χ2v) is 4.92. The smallest absolute Gasteiger partial charge is 0.123 e. The maximum atomic E-state index is 6.07. The number of hydrogen-bond donors (Lipinski definition) is 1. The number of likely N-dealkylation sites (N-methyl/N-ethyl adjacent to an activating group) is 1. The van der Waals surface area contributed by atoms with Crippen LogP contribution in [0.25, 0.3) is 0 Å². The van der Waals surface area contributed by atoms with Crippen molar-refractivity contribution in [2.75, 3.05) is 33.8 Å². The van der Waals surface area contributed by atoms with E-state index in [0.717, 1.165) is 42.4 Å². The van der Waals surface area contributed by atoms with E-state index in [1.807, 2.05) is 18.2 Å². The van der Waals surface area contributed by atoms with Gasteiger partial charge in [-0.05, 0) is 38.2 Å². The summed E-state index contributed by atoms with van der Waals surface area (Å²) in [6.45, 7) is 3.17. The van der Waals surface area contributed by atoms with Crippen LogP contribution in [0.5, 0.6) is 5.75 Å². The standard InChI is InChI=1S/C13H19ClN2O/c1-16-7-5-12(15-6-8-16)11-9-10(14)3-4-13(11)17-2/h3-4,9,12,15H,5-8H2,1-2H3. The molecule has 1 unspecified atom stereocenters. The van der Waals surface area contributed by atoms with E-state index in [4.69, 9.17) is 16.3 Å². The molecule has 0 saturated carbocycles. The molecule has 0 aliphatic carbocycles. The summed E-state index contributed by atoms with van der Waals surface area (Å²) in [6, 6.07) is 6.14. The zero-order valence-corrected chi connectivity index (χ0v) is 11.1. The third kappa shape index (κ3) is 3.12. The fourth-order valence-corrected chi connectivity index (χ4v) is 2.42. The average molecular weight is 255 g/mol. The van der Waals surface area contributed by atoms with E-state index in [1.165, 1.54) is 0 Å². The molecule has 1 aliphatic heterocycles. The van der Waals surface area contributed by atoms with Gasteiger partial charge in [-0.1, -0.05) is 11.6 Å². The minimum atomic E-state index is 0.327. The molecule has 1 heterocycles. The molecule has 1 saturated heterocycles. The minimum Gasteiger partial charge on any atom is -0.496 e. The van der Waals surface area contributed by atoms with Gasteiger partial charge < -0.3 is 15.0 Å². The molecule has 1 aromatic carbocycles. The van der Waals surface area contributed by atoms with Crippen molar-refractivity contribution in [1.29, 1.82) is 0 Å². The fourth-order valence-electron chi connectivity index (χ4n) is 2.24. The Hall–Kier alpha value is -0.770. The van der Waals surface area contributed by atoms with Crippen LogP contribution < -0.4 is 10.1 Å². The summed E-state index contributed by atoms with van der Waals surface area (Å²) in [6.07, 6.45) is 1.08. The molecule has 1 atom stereocenters. The van der Waals surface area contributed by atoms with Gasteiger partial charge in [0.2, 0.25) is 0 Å². The third-order valence-electron chi connectivity index (χ3n) is 3.25. The summed E-state index contributed by atoms with van der Waals surface area (Å²) in [5, 5.41) is 4.31. The monoisotopic (exact) mass is 254 g/mol. The van der Waals surface area contributed by atoms with Crippen LogP contribution in [0, 0.1) is 0 Å². The Bertz CT molecular complexity index is 384. The number of benzene rings is 1. The predicted octanol–water partition coefficient (Wildman–Crippen LogP) is 2.31. The summed E-state index contributed by atoms with van der Waals surface area (Å²) in [7, 11) is 3.86. The van der Waals surface area contributed by atoms with Gasteiger partial charge in [-0.25, -0.2) is 0 Å². The van der Waals surface area contributed by atoms with Crippen LogP contribution in [-0.2, 0) is 0 Å². The molecule has 0 spiro atoms. The van der Waals surface area contributed by atoms with Gasteiger partial charge in [-0.3, -0.25) is 0 Å². The van der Waals surface area contributed by atoms with Gasteiger partial charge in [0.1, 0.15) is 5.75 Å². The lowest BCUT2D eigenvalue weighted by atomic mass is 10.0. The van der Waals surface area contributed by atoms with Crippen molar-refractivity contribution < 1.29 is 4.74 Å². The highest BCUT2D eigenvalue weighted by molar-refractivity contribution is 6.30. The van der Waals surface area contributed by atoms with Gasteiger partial charge in [-0.2, -0.15) is 0 Å². The number of ether oxygens (including phenoxy) is 1. The minimum absolute atomic E-state index is 0.327. The number of halogens is 1. The molecule has 0 amide bonds. The average Bonchev–Trinajstić information content (AvgIpc) is 2.54.